The van der Waals surface area contributed by atoms with Gasteiger partial charge in [-0.05, 0) is 75.6 Å². The SMILES string of the molecule is CN1C(=CC=CC=CC2=[N+](C)c3ccc(SOOO)cc3C2(C)C)C(C)(CCCCCC(=O)On2c(O)ccc2O)c2cc(S(=O)(=O)O)ccc21. The van der Waals surface area contributed by atoms with Gasteiger partial charge in [0, 0.05) is 65.0 Å². The maximum absolute atomic E-state index is 12.3. The number of hydrogen-bond acceptors (Lipinski definition) is 11. The summed E-state index contributed by atoms with van der Waals surface area (Å²) in [5, 5.41) is 31.7. The van der Waals surface area contributed by atoms with Crippen molar-refractivity contribution in [3.8, 4) is 11.8 Å². The van der Waals surface area contributed by atoms with Crippen molar-refractivity contribution < 1.29 is 52.0 Å². The van der Waals surface area contributed by atoms with Crippen LogP contribution >= 0.6 is 12.0 Å². The normalized spacial score (nSPS) is 19.1. The van der Waals surface area contributed by atoms with E-state index < -0.39 is 21.5 Å². The highest BCUT2D eigenvalue weighted by Gasteiger charge is 2.44. The highest BCUT2D eigenvalue weighted by Crippen LogP contribution is 2.50. The summed E-state index contributed by atoms with van der Waals surface area (Å²) in [6.07, 6.45) is 12.4. The molecule has 1 atom stereocenters. The Balaban J connectivity index is 1.32. The number of fused-ring (bicyclic) bond motifs is 2. The second-order valence-corrected chi connectivity index (χ2v) is 15.4. The standard InChI is InChI=1S/C36H41N3O10S2/c1-35(2)26-22-24(50-49-48-43)15-17-28(26)37(4)30(35)12-8-6-9-13-31-36(3,27-23-25(51(44,45)46)16-18-29(27)38(31)5)21-11-7-10-14-34(42)47-39-32(40)19-20-33(39)41/h6,8-9,12-13,15-20,22-23H,7,10-11,14,21H2,1-5H3,(H3-,40,41,43,44,45,46)/p+1. The molecule has 0 radical (unpaired) electrons. The molecule has 51 heavy (non-hydrogen) atoms. The molecular formula is C36H42N3O10S2+. The lowest BCUT2D eigenvalue weighted by atomic mass is 9.77. The maximum Gasteiger partial charge on any atom is 0.333 e. The molecule has 15 heteroatoms. The van der Waals surface area contributed by atoms with Gasteiger partial charge in [0.1, 0.15) is 7.05 Å². The Labute approximate surface area is 301 Å². The molecule has 0 amide bonds. The van der Waals surface area contributed by atoms with Crippen molar-refractivity contribution in [3.05, 3.63) is 95.7 Å². The molecule has 3 aromatic rings. The predicted octanol–water partition coefficient (Wildman–Crippen LogP) is 6.59. The molecule has 5 rings (SSSR count). The van der Waals surface area contributed by atoms with Crippen LogP contribution in [0.15, 0.2) is 94.4 Å². The van der Waals surface area contributed by atoms with Gasteiger partial charge in [-0.3, -0.25) is 4.55 Å². The Morgan fingerprint density at radius 2 is 1.69 bits per heavy atom. The van der Waals surface area contributed by atoms with Gasteiger partial charge in [0.2, 0.25) is 17.4 Å². The molecule has 0 saturated heterocycles. The summed E-state index contributed by atoms with van der Waals surface area (Å²) in [7, 11) is -0.499. The van der Waals surface area contributed by atoms with Crippen LogP contribution in [0.5, 0.6) is 11.8 Å². The summed E-state index contributed by atoms with van der Waals surface area (Å²) in [5.41, 5.74) is 4.83. The molecule has 0 aliphatic carbocycles. The van der Waals surface area contributed by atoms with Gasteiger partial charge in [-0.25, -0.2) is 10.1 Å². The summed E-state index contributed by atoms with van der Waals surface area (Å²) in [4.78, 5) is 20.0. The van der Waals surface area contributed by atoms with Crippen LogP contribution in [0, 0.1) is 0 Å². The quantitative estimate of drug-likeness (QED) is 0.0266. The molecule has 272 valence electrons. The highest BCUT2D eigenvalue weighted by atomic mass is 32.2. The zero-order valence-electron chi connectivity index (χ0n) is 28.9. The zero-order chi connectivity index (χ0) is 37.1. The van der Waals surface area contributed by atoms with E-state index in [2.05, 4.69) is 33.9 Å². The highest BCUT2D eigenvalue weighted by molar-refractivity contribution is 7.94. The Hall–Kier alpha value is -4.38. The number of aromatic hydroxyl groups is 2. The van der Waals surface area contributed by atoms with Crippen LogP contribution < -0.4 is 9.74 Å². The van der Waals surface area contributed by atoms with Crippen molar-refractivity contribution in [1.82, 2.24) is 4.73 Å². The van der Waals surface area contributed by atoms with Crippen LogP contribution in [-0.2, 0) is 35.1 Å². The first-order valence-corrected chi connectivity index (χ1v) is 18.4. The number of aromatic nitrogens is 1. The molecule has 4 N–H and O–H groups in total. The van der Waals surface area contributed by atoms with Crippen LogP contribution in [0.1, 0.15) is 64.0 Å². The molecule has 1 unspecified atom stereocenters. The first kappa shape index (κ1) is 37.9. The van der Waals surface area contributed by atoms with Crippen LogP contribution in [0.2, 0.25) is 0 Å². The van der Waals surface area contributed by atoms with Crippen LogP contribution in [0.4, 0.5) is 11.4 Å². The number of rotatable bonds is 14. The molecule has 2 aromatic carbocycles. The van der Waals surface area contributed by atoms with E-state index in [-0.39, 0.29) is 28.5 Å². The first-order valence-electron chi connectivity index (χ1n) is 16.2. The minimum atomic E-state index is -4.43. The molecule has 3 heterocycles. The molecule has 2 aliphatic rings. The van der Waals surface area contributed by atoms with Crippen molar-refractivity contribution >= 4 is 45.2 Å². The number of carbonyl (C=O) groups excluding carboxylic acids is 1. The van der Waals surface area contributed by atoms with Crippen LogP contribution in [0.25, 0.3) is 0 Å². The minimum Gasteiger partial charge on any atom is -0.492 e. The van der Waals surface area contributed by atoms with E-state index in [1.54, 1.807) is 6.07 Å². The Kier molecular flexibility index (Phi) is 11.2. The first-order chi connectivity index (χ1) is 24.1. The van der Waals surface area contributed by atoms with Crippen molar-refractivity contribution in [2.45, 2.75) is 73.5 Å². The summed E-state index contributed by atoms with van der Waals surface area (Å²) in [6, 6.07) is 12.9. The van der Waals surface area contributed by atoms with Crippen molar-refractivity contribution in [2.24, 2.45) is 0 Å². The summed E-state index contributed by atoms with van der Waals surface area (Å²) in [5.74, 6) is -1.38. The molecular weight excluding hydrogens is 699 g/mol. The van der Waals surface area contributed by atoms with E-state index in [9.17, 15) is 28.0 Å². The molecule has 0 fully saturated rings. The second kappa shape index (κ2) is 15.1. The molecule has 0 bridgehead atoms. The lowest BCUT2D eigenvalue weighted by Gasteiger charge is -2.29. The number of carbonyl (C=O) groups is 1. The third-order valence-electron chi connectivity index (χ3n) is 9.59. The minimum absolute atomic E-state index is 0.0677. The predicted molar refractivity (Wildman–Crippen MR) is 192 cm³/mol. The van der Waals surface area contributed by atoms with Gasteiger partial charge in [0.25, 0.3) is 10.1 Å². The van der Waals surface area contributed by atoms with Crippen LogP contribution in [0.3, 0.4) is 0 Å². The van der Waals surface area contributed by atoms with E-state index in [4.69, 9.17) is 10.1 Å². The molecule has 0 spiro atoms. The average Bonchev–Trinajstić information content (AvgIpc) is 3.58. The van der Waals surface area contributed by atoms with Gasteiger partial charge in [0.05, 0.1) is 22.4 Å². The van der Waals surface area contributed by atoms with Crippen molar-refractivity contribution in [2.75, 3.05) is 19.0 Å². The lowest BCUT2D eigenvalue weighted by Crippen LogP contribution is -2.26. The summed E-state index contributed by atoms with van der Waals surface area (Å²) in [6.45, 7) is 6.31. The number of likely N-dealkylation sites (N-methyl/N-ethyl adjacent to an activating group) is 1. The Morgan fingerprint density at radius 3 is 2.37 bits per heavy atom. The topological polar surface area (TPSA) is 171 Å². The fourth-order valence-electron chi connectivity index (χ4n) is 6.95. The largest absolute Gasteiger partial charge is 0.492 e. The van der Waals surface area contributed by atoms with E-state index >= 15 is 0 Å². The summed E-state index contributed by atoms with van der Waals surface area (Å²) < 4.78 is 41.4. The average molecular weight is 741 g/mol. The number of anilines is 1. The van der Waals surface area contributed by atoms with Crippen LogP contribution in [-0.4, -0.2) is 63.5 Å². The molecule has 2 aliphatic heterocycles. The van der Waals surface area contributed by atoms with E-state index in [1.165, 1.54) is 24.3 Å². The fourth-order valence-corrected chi connectivity index (χ4v) is 7.86. The van der Waals surface area contributed by atoms with Gasteiger partial charge in [-0.2, -0.15) is 13.0 Å². The van der Waals surface area contributed by atoms with Gasteiger partial charge < -0.3 is 20.0 Å². The third-order valence-corrected chi connectivity index (χ3v) is 11.0. The van der Waals surface area contributed by atoms with Gasteiger partial charge >= 0.3 is 5.97 Å². The molecule has 1 aromatic heterocycles. The number of hydrogen-bond donors (Lipinski definition) is 4. The maximum atomic E-state index is 12.3. The lowest BCUT2D eigenvalue weighted by molar-refractivity contribution is -0.432. The number of nitrogens with zero attached hydrogens (tertiary/aromatic N) is 3. The van der Waals surface area contributed by atoms with E-state index in [0.29, 0.717) is 30.4 Å². The fraction of sp³-hybridized carbons (Fsp3) is 0.333. The number of allylic oxidation sites excluding steroid dienone is 6. The van der Waals surface area contributed by atoms with Gasteiger partial charge in [0.15, 0.2) is 5.71 Å². The number of benzene rings is 2. The van der Waals surface area contributed by atoms with Gasteiger partial charge in [-0.1, -0.05) is 36.1 Å². The smallest absolute Gasteiger partial charge is 0.333 e. The van der Waals surface area contributed by atoms with E-state index in [1.807, 2.05) is 68.4 Å². The second-order valence-electron chi connectivity index (χ2n) is 13.2. The number of unbranched alkanes of at least 4 members (excludes halogenated alkanes) is 2. The third kappa shape index (κ3) is 7.78. The van der Waals surface area contributed by atoms with Crippen molar-refractivity contribution in [1.29, 1.82) is 0 Å². The monoisotopic (exact) mass is 740 g/mol. The van der Waals surface area contributed by atoms with E-state index in [0.717, 1.165) is 50.8 Å². The Bertz CT molecular complexity index is 2030. The summed E-state index contributed by atoms with van der Waals surface area (Å²) >= 11 is 0.916. The Morgan fingerprint density at radius 1 is 0.961 bits per heavy atom. The molecule has 13 nitrogen and oxygen atoms in total. The van der Waals surface area contributed by atoms with Crippen molar-refractivity contribution in [3.63, 3.8) is 0 Å². The van der Waals surface area contributed by atoms with Gasteiger partial charge in [-0.15, -0.1) is 9.06 Å². The zero-order valence-corrected chi connectivity index (χ0v) is 30.6. The molecule has 0 saturated carbocycles.